The molecule has 0 radical (unpaired) electrons. The standard InChI is InChI=1S/C27H35ClFN5O3/c1-17-10-13-34(14-11-17)12-2-3-23(35)24-25(31-16-30-24)27(37)32-20-7-4-18(5-8-20)26(36)33-22-9-6-19(29)15-21(22)28/h6,9,15-18,20H,2-5,7-8,10-14H2,1H3,(H,30,31)(H,32,37)(H,33,36). The largest absolute Gasteiger partial charge is 0.348 e. The normalized spacial score (nSPS) is 20.9. The Bertz CT molecular complexity index is 1110. The molecule has 2 amide bonds. The molecule has 4 rings (SSSR count). The zero-order chi connectivity index (χ0) is 26.4. The summed E-state index contributed by atoms with van der Waals surface area (Å²) in [5.74, 6) is -0.557. The molecule has 0 unspecified atom stereocenters. The number of rotatable bonds is 9. The van der Waals surface area contributed by atoms with Crippen LogP contribution in [0.25, 0.3) is 0 Å². The number of aromatic amines is 1. The van der Waals surface area contributed by atoms with Gasteiger partial charge in [-0.1, -0.05) is 18.5 Å². The number of benzene rings is 1. The van der Waals surface area contributed by atoms with E-state index in [0.717, 1.165) is 38.0 Å². The Morgan fingerprint density at radius 1 is 1.14 bits per heavy atom. The number of H-pyrrole nitrogens is 1. The van der Waals surface area contributed by atoms with Crippen molar-refractivity contribution in [3.8, 4) is 0 Å². The lowest BCUT2D eigenvalue weighted by Gasteiger charge is -2.30. The lowest BCUT2D eigenvalue weighted by Crippen LogP contribution is -2.40. The maximum absolute atomic E-state index is 13.2. The van der Waals surface area contributed by atoms with E-state index in [4.69, 9.17) is 11.6 Å². The van der Waals surface area contributed by atoms with E-state index in [2.05, 4.69) is 32.4 Å². The third-order valence-electron chi connectivity index (χ3n) is 7.51. The number of likely N-dealkylation sites (tertiary alicyclic amines) is 1. The Morgan fingerprint density at radius 2 is 1.86 bits per heavy atom. The number of hydrogen-bond acceptors (Lipinski definition) is 5. The van der Waals surface area contributed by atoms with Gasteiger partial charge < -0.3 is 20.5 Å². The number of ketones is 1. The number of carbonyl (C=O) groups excluding carboxylic acids is 3. The highest BCUT2D eigenvalue weighted by molar-refractivity contribution is 6.33. The molecule has 2 aromatic rings. The highest BCUT2D eigenvalue weighted by Crippen LogP contribution is 2.28. The van der Waals surface area contributed by atoms with E-state index in [1.54, 1.807) is 0 Å². The minimum Gasteiger partial charge on any atom is -0.348 e. The van der Waals surface area contributed by atoms with Crippen LogP contribution in [0.3, 0.4) is 0 Å². The van der Waals surface area contributed by atoms with Crippen LogP contribution in [-0.4, -0.2) is 58.1 Å². The molecule has 2 heterocycles. The smallest absolute Gasteiger partial charge is 0.270 e. The van der Waals surface area contributed by atoms with Crippen LogP contribution in [0, 0.1) is 17.7 Å². The summed E-state index contributed by atoms with van der Waals surface area (Å²) in [5.41, 5.74) is 0.766. The first-order valence-corrected chi connectivity index (χ1v) is 13.5. The molecule has 1 aromatic heterocycles. The van der Waals surface area contributed by atoms with Crippen molar-refractivity contribution in [1.82, 2.24) is 20.2 Å². The molecule has 200 valence electrons. The van der Waals surface area contributed by atoms with Gasteiger partial charge in [-0.15, -0.1) is 0 Å². The first-order valence-electron chi connectivity index (χ1n) is 13.2. The van der Waals surface area contributed by atoms with Crippen molar-refractivity contribution in [3.05, 3.63) is 46.8 Å². The summed E-state index contributed by atoms with van der Waals surface area (Å²) in [6.07, 6.45) is 7.35. The molecule has 1 aliphatic carbocycles. The molecular weight excluding hydrogens is 497 g/mol. The van der Waals surface area contributed by atoms with Crippen LogP contribution in [0.2, 0.25) is 5.02 Å². The van der Waals surface area contributed by atoms with Gasteiger partial charge in [0.2, 0.25) is 5.91 Å². The molecular formula is C27H35ClFN5O3. The predicted molar refractivity (Wildman–Crippen MR) is 140 cm³/mol. The molecule has 1 saturated heterocycles. The first kappa shape index (κ1) is 27.3. The number of imidazole rings is 1. The van der Waals surface area contributed by atoms with Crippen LogP contribution >= 0.6 is 11.6 Å². The third kappa shape index (κ3) is 7.38. The summed E-state index contributed by atoms with van der Waals surface area (Å²) in [4.78, 5) is 47.7. The highest BCUT2D eigenvalue weighted by Gasteiger charge is 2.29. The second kappa shape index (κ2) is 12.6. The van der Waals surface area contributed by atoms with Crippen molar-refractivity contribution in [1.29, 1.82) is 0 Å². The number of Topliss-reactive ketones (excluding diaryl/α,β-unsaturated/α-hetero) is 1. The van der Waals surface area contributed by atoms with E-state index in [1.165, 1.54) is 31.3 Å². The van der Waals surface area contributed by atoms with Gasteiger partial charge in [0.25, 0.3) is 5.91 Å². The molecule has 3 N–H and O–H groups in total. The van der Waals surface area contributed by atoms with Crippen molar-refractivity contribution in [3.63, 3.8) is 0 Å². The quantitative estimate of drug-likeness (QED) is 0.402. The Balaban J connectivity index is 1.22. The van der Waals surface area contributed by atoms with E-state index >= 15 is 0 Å². The Kier molecular flexibility index (Phi) is 9.32. The lowest BCUT2D eigenvalue weighted by atomic mass is 9.85. The number of nitrogens with one attached hydrogen (secondary N) is 3. The summed E-state index contributed by atoms with van der Waals surface area (Å²) in [5, 5.41) is 5.91. The Labute approximate surface area is 221 Å². The number of nitrogens with zero attached hydrogens (tertiary/aromatic N) is 2. The minimum absolute atomic E-state index is 0.0984. The van der Waals surface area contributed by atoms with Crippen LogP contribution in [0.1, 0.15) is 79.3 Å². The maximum Gasteiger partial charge on any atom is 0.270 e. The second-order valence-electron chi connectivity index (χ2n) is 10.3. The zero-order valence-electron chi connectivity index (χ0n) is 21.2. The van der Waals surface area contributed by atoms with Gasteiger partial charge in [-0.25, -0.2) is 9.37 Å². The summed E-state index contributed by atoms with van der Waals surface area (Å²) >= 11 is 6.01. The second-order valence-corrected chi connectivity index (χ2v) is 10.7. The molecule has 37 heavy (non-hydrogen) atoms. The maximum atomic E-state index is 13.2. The zero-order valence-corrected chi connectivity index (χ0v) is 22.0. The molecule has 0 spiro atoms. The van der Waals surface area contributed by atoms with Crippen molar-refractivity contribution < 1.29 is 18.8 Å². The van der Waals surface area contributed by atoms with Crippen LogP contribution < -0.4 is 10.6 Å². The fraction of sp³-hybridized carbons (Fsp3) is 0.556. The van der Waals surface area contributed by atoms with Gasteiger partial charge in [0.1, 0.15) is 17.2 Å². The van der Waals surface area contributed by atoms with E-state index in [-0.39, 0.29) is 46.0 Å². The Morgan fingerprint density at radius 3 is 2.57 bits per heavy atom. The molecule has 0 atom stereocenters. The topological polar surface area (TPSA) is 107 Å². The van der Waals surface area contributed by atoms with Gasteiger partial charge in [0, 0.05) is 18.4 Å². The number of aromatic nitrogens is 2. The van der Waals surface area contributed by atoms with Crippen LogP contribution in [0.5, 0.6) is 0 Å². The average molecular weight is 532 g/mol. The van der Waals surface area contributed by atoms with Crippen LogP contribution in [0.4, 0.5) is 10.1 Å². The fourth-order valence-electron chi connectivity index (χ4n) is 5.13. The molecule has 1 aromatic carbocycles. The third-order valence-corrected chi connectivity index (χ3v) is 7.82. The number of halogens is 2. The molecule has 8 nitrogen and oxygen atoms in total. The summed E-state index contributed by atoms with van der Waals surface area (Å²) in [7, 11) is 0. The molecule has 1 aliphatic heterocycles. The van der Waals surface area contributed by atoms with Crippen molar-refractivity contribution in [2.75, 3.05) is 25.0 Å². The first-order chi connectivity index (χ1) is 17.8. The molecule has 2 aliphatic rings. The van der Waals surface area contributed by atoms with E-state index in [0.29, 0.717) is 37.8 Å². The van der Waals surface area contributed by atoms with Gasteiger partial charge in [-0.05, 0) is 88.7 Å². The molecule has 10 heteroatoms. The monoisotopic (exact) mass is 531 g/mol. The molecule has 0 bridgehead atoms. The summed E-state index contributed by atoms with van der Waals surface area (Å²) < 4.78 is 13.2. The van der Waals surface area contributed by atoms with Crippen LogP contribution in [-0.2, 0) is 4.79 Å². The van der Waals surface area contributed by atoms with Gasteiger partial charge in [0.05, 0.1) is 17.0 Å². The summed E-state index contributed by atoms with van der Waals surface area (Å²) in [6, 6.07) is 3.75. The minimum atomic E-state index is -0.464. The van der Waals surface area contributed by atoms with Gasteiger partial charge >= 0.3 is 0 Å². The van der Waals surface area contributed by atoms with Gasteiger partial charge in [-0.2, -0.15) is 0 Å². The number of hydrogen-bond donors (Lipinski definition) is 3. The van der Waals surface area contributed by atoms with Crippen molar-refractivity contribution >= 4 is 34.9 Å². The number of anilines is 1. The summed E-state index contributed by atoms with van der Waals surface area (Å²) in [6.45, 7) is 5.32. The number of piperidine rings is 1. The van der Waals surface area contributed by atoms with Gasteiger partial charge in [-0.3, -0.25) is 14.4 Å². The Hall–Kier alpha value is -2.78. The fourth-order valence-corrected chi connectivity index (χ4v) is 5.34. The van der Waals surface area contributed by atoms with E-state index < -0.39 is 5.82 Å². The van der Waals surface area contributed by atoms with Crippen molar-refractivity contribution in [2.24, 2.45) is 11.8 Å². The predicted octanol–water partition coefficient (Wildman–Crippen LogP) is 4.82. The van der Waals surface area contributed by atoms with E-state index in [9.17, 15) is 18.8 Å². The number of amides is 2. The highest BCUT2D eigenvalue weighted by atomic mass is 35.5. The van der Waals surface area contributed by atoms with E-state index in [1.807, 2.05) is 0 Å². The lowest BCUT2D eigenvalue weighted by molar-refractivity contribution is -0.120. The van der Waals surface area contributed by atoms with Crippen LogP contribution in [0.15, 0.2) is 24.5 Å². The molecule has 2 fully saturated rings. The number of carbonyl (C=O) groups is 3. The van der Waals surface area contributed by atoms with Gasteiger partial charge in [0.15, 0.2) is 5.78 Å². The SMILES string of the molecule is CC1CCN(CCCC(=O)c2nc[nH]c2C(=O)NC2CCC(C(=O)Nc3ccc(F)cc3Cl)CC2)CC1. The molecule has 1 saturated carbocycles. The van der Waals surface area contributed by atoms with Crippen molar-refractivity contribution in [2.45, 2.75) is 64.3 Å². The average Bonchev–Trinajstić information content (AvgIpc) is 3.38.